The average molecular weight is 279 g/mol. The van der Waals surface area contributed by atoms with Gasteiger partial charge in [0.15, 0.2) is 5.11 Å². The monoisotopic (exact) mass is 279 g/mol. The van der Waals surface area contributed by atoms with E-state index >= 15 is 0 Å². The number of hydrazine groups is 1. The highest BCUT2D eigenvalue weighted by molar-refractivity contribution is 7.80. The van der Waals surface area contributed by atoms with Gasteiger partial charge in [-0.15, -0.1) is 0 Å². The Bertz CT molecular complexity index is 681. The third-order valence-corrected chi connectivity index (χ3v) is 2.46. The molecular formula is C10H9N5O3S. The topological polar surface area (TPSA) is 126 Å². The first-order chi connectivity index (χ1) is 8.97. The molecule has 19 heavy (non-hydrogen) atoms. The third kappa shape index (κ3) is 2.77. The lowest BCUT2D eigenvalue weighted by Crippen LogP contribution is -2.44. The van der Waals surface area contributed by atoms with Crippen LogP contribution in [0.2, 0.25) is 0 Å². The van der Waals surface area contributed by atoms with Crippen LogP contribution in [0.1, 0.15) is 10.5 Å². The molecule has 1 heterocycles. The summed E-state index contributed by atoms with van der Waals surface area (Å²) in [6.07, 6.45) is 0. The summed E-state index contributed by atoms with van der Waals surface area (Å²) < 4.78 is 0. The number of aromatic amines is 1. The van der Waals surface area contributed by atoms with Crippen LogP contribution in [0, 0.1) is 10.1 Å². The Balaban J connectivity index is 2.28. The second kappa shape index (κ2) is 4.90. The van der Waals surface area contributed by atoms with Crippen molar-refractivity contribution in [3.05, 3.63) is 40.1 Å². The molecule has 5 N–H and O–H groups in total. The number of hydrogen-bond donors (Lipinski definition) is 4. The van der Waals surface area contributed by atoms with Crippen LogP contribution in [0.15, 0.2) is 24.3 Å². The Kier molecular flexibility index (Phi) is 3.29. The zero-order valence-electron chi connectivity index (χ0n) is 9.47. The number of nitro groups is 1. The maximum absolute atomic E-state index is 11.7. The molecule has 0 bridgehead atoms. The van der Waals surface area contributed by atoms with Crippen LogP contribution in [0.5, 0.6) is 0 Å². The van der Waals surface area contributed by atoms with Gasteiger partial charge < -0.3 is 10.7 Å². The summed E-state index contributed by atoms with van der Waals surface area (Å²) in [5, 5.41) is 11.1. The minimum atomic E-state index is -0.499. The number of carbonyl (C=O) groups excluding carboxylic acids is 1. The number of nitro benzene ring substituents is 1. The van der Waals surface area contributed by atoms with E-state index in [2.05, 4.69) is 28.1 Å². The second-order valence-corrected chi connectivity index (χ2v) is 4.09. The van der Waals surface area contributed by atoms with E-state index in [9.17, 15) is 14.9 Å². The number of fused-ring (bicyclic) bond motifs is 1. The zero-order chi connectivity index (χ0) is 14.0. The van der Waals surface area contributed by atoms with Gasteiger partial charge in [0.1, 0.15) is 5.69 Å². The lowest BCUT2D eigenvalue weighted by molar-refractivity contribution is -0.384. The maximum Gasteiger partial charge on any atom is 0.286 e. The molecule has 2 aromatic rings. The van der Waals surface area contributed by atoms with Gasteiger partial charge in [0.25, 0.3) is 11.6 Å². The molecule has 0 fully saturated rings. The van der Waals surface area contributed by atoms with E-state index in [4.69, 9.17) is 5.73 Å². The summed E-state index contributed by atoms with van der Waals surface area (Å²) in [7, 11) is 0. The van der Waals surface area contributed by atoms with Crippen LogP contribution in [0.25, 0.3) is 10.9 Å². The molecule has 8 nitrogen and oxygen atoms in total. The molecule has 2 rings (SSSR count). The summed E-state index contributed by atoms with van der Waals surface area (Å²) >= 11 is 4.54. The molecule has 0 saturated carbocycles. The average Bonchev–Trinajstić information content (AvgIpc) is 2.78. The first-order valence-electron chi connectivity index (χ1n) is 5.10. The third-order valence-electron chi connectivity index (χ3n) is 2.36. The molecule has 0 saturated heterocycles. The van der Waals surface area contributed by atoms with Crippen LogP contribution < -0.4 is 16.6 Å². The predicted octanol–water partition coefficient (Wildman–Crippen LogP) is 0.554. The molecular weight excluding hydrogens is 270 g/mol. The van der Waals surface area contributed by atoms with Crippen molar-refractivity contribution >= 4 is 39.8 Å². The molecule has 9 heteroatoms. The number of hydrogen-bond acceptors (Lipinski definition) is 4. The van der Waals surface area contributed by atoms with Gasteiger partial charge in [0, 0.05) is 23.0 Å². The summed E-state index contributed by atoms with van der Waals surface area (Å²) in [6.45, 7) is 0. The number of nitrogens with two attached hydrogens (primary N) is 1. The van der Waals surface area contributed by atoms with Crippen molar-refractivity contribution in [2.24, 2.45) is 5.73 Å². The largest absolute Gasteiger partial charge is 0.375 e. The number of nitrogens with zero attached hydrogens (tertiary/aromatic N) is 1. The molecule has 0 aliphatic heterocycles. The van der Waals surface area contributed by atoms with E-state index in [1.54, 1.807) is 0 Å². The van der Waals surface area contributed by atoms with Gasteiger partial charge >= 0.3 is 0 Å². The number of aromatic nitrogens is 1. The van der Waals surface area contributed by atoms with Crippen molar-refractivity contribution in [3.8, 4) is 0 Å². The molecule has 0 unspecified atom stereocenters. The van der Waals surface area contributed by atoms with E-state index in [1.165, 1.54) is 24.3 Å². The van der Waals surface area contributed by atoms with E-state index in [0.717, 1.165) is 0 Å². The minimum absolute atomic E-state index is 0.0419. The maximum atomic E-state index is 11.7. The standard InChI is InChI=1S/C10H9N5O3S/c11-10(19)14-13-9(16)8-4-5-3-6(15(17)18)1-2-7(5)12-8/h1-4,12H,(H,13,16)(H3,11,14,19). The normalized spacial score (nSPS) is 10.1. The van der Waals surface area contributed by atoms with Gasteiger partial charge in [-0.3, -0.25) is 25.8 Å². The van der Waals surface area contributed by atoms with Crippen LogP contribution in [-0.4, -0.2) is 20.9 Å². The fourth-order valence-corrected chi connectivity index (χ4v) is 1.59. The highest BCUT2D eigenvalue weighted by Gasteiger charge is 2.12. The van der Waals surface area contributed by atoms with Crippen LogP contribution in [-0.2, 0) is 0 Å². The van der Waals surface area contributed by atoms with Gasteiger partial charge in [-0.25, -0.2) is 0 Å². The smallest absolute Gasteiger partial charge is 0.286 e. The Hall–Kier alpha value is -2.68. The van der Waals surface area contributed by atoms with Gasteiger partial charge in [-0.1, -0.05) is 0 Å². The van der Waals surface area contributed by atoms with Crippen molar-refractivity contribution in [1.29, 1.82) is 0 Å². The highest BCUT2D eigenvalue weighted by Crippen LogP contribution is 2.21. The summed E-state index contributed by atoms with van der Waals surface area (Å²) in [4.78, 5) is 24.7. The first kappa shape index (κ1) is 12.8. The van der Waals surface area contributed by atoms with Crippen molar-refractivity contribution in [2.75, 3.05) is 0 Å². The number of rotatable bonds is 2. The number of benzene rings is 1. The van der Waals surface area contributed by atoms with Crippen LogP contribution in [0.4, 0.5) is 5.69 Å². The molecule has 1 aromatic heterocycles. The van der Waals surface area contributed by atoms with Crippen molar-refractivity contribution in [2.45, 2.75) is 0 Å². The fraction of sp³-hybridized carbons (Fsp3) is 0. The Morgan fingerprint density at radius 1 is 1.37 bits per heavy atom. The van der Waals surface area contributed by atoms with Crippen LogP contribution >= 0.6 is 12.2 Å². The van der Waals surface area contributed by atoms with E-state index in [0.29, 0.717) is 10.9 Å². The quantitative estimate of drug-likeness (QED) is 0.361. The predicted molar refractivity (Wildman–Crippen MR) is 72.3 cm³/mol. The van der Waals surface area contributed by atoms with Crippen molar-refractivity contribution in [1.82, 2.24) is 15.8 Å². The van der Waals surface area contributed by atoms with Crippen molar-refractivity contribution in [3.63, 3.8) is 0 Å². The lowest BCUT2D eigenvalue weighted by Gasteiger charge is -2.03. The van der Waals surface area contributed by atoms with E-state index < -0.39 is 10.8 Å². The molecule has 98 valence electrons. The Morgan fingerprint density at radius 2 is 2.11 bits per heavy atom. The lowest BCUT2D eigenvalue weighted by atomic mass is 10.2. The summed E-state index contributed by atoms with van der Waals surface area (Å²) in [5.41, 5.74) is 10.6. The molecule has 0 radical (unpaired) electrons. The van der Waals surface area contributed by atoms with Crippen LogP contribution in [0.3, 0.4) is 0 Å². The fourth-order valence-electron chi connectivity index (χ4n) is 1.54. The summed E-state index contributed by atoms with van der Waals surface area (Å²) in [6, 6.07) is 5.77. The molecule has 0 atom stereocenters. The van der Waals surface area contributed by atoms with Crippen molar-refractivity contribution < 1.29 is 9.72 Å². The van der Waals surface area contributed by atoms with Gasteiger partial charge in [0.2, 0.25) is 0 Å². The number of H-pyrrole nitrogens is 1. The SMILES string of the molecule is NC(=S)NNC(=O)c1cc2cc([N+](=O)[O-])ccc2[nH]1. The number of nitrogens with one attached hydrogen (secondary N) is 3. The zero-order valence-corrected chi connectivity index (χ0v) is 10.3. The Morgan fingerprint density at radius 3 is 2.74 bits per heavy atom. The van der Waals surface area contributed by atoms with E-state index in [1.807, 2.05) is 0 Å². The molecule has 0 spiro atoms. The number of non-ortho nitro benzene ring substituents is 1. The molecule has 0 aliphatic carbocycles. The van der Waals surface area contributed by atoms with E-state index in [-0.39, 0.29) is 16.5 Å². The highest BCUT2D eigenvalue weighted by atomic mass is 32.1. The van der Waals surface area contributed by atoms with Gasteiger partial charge in [-0.05, 0) is 24.4 Å². The van der Waals surface area contributed by atoms with Gasteiger partial charge in [0.05, 0.1) is 4.92 Å². The molecule has 0 aliphatic rings. The van der Waals surface area contributed by atoms with Gasteiger partial charge in [-0.2, -0.15) is 0 Å². The number of carbonyl (C=O) groups is 1. The molecule has 1 aromatic carbocycles. The second-order valence-electron chi connectivity index (χ2n) is 3.66. The number of amides is 1. The minimum Gasteiger partial charge on any atom is -0.375 e. The summed E-state index contributed by atoms with van der Waals surface area (Å²) in [5.74, 6) is -0.480. The molecule has 1 amide bonds. The number of thiocarbonyl (C=S) groups is 1. The first-order valence-corrected chi connectivity index (χ1v) is 5.51. The Labute approximate surface area is 112 Å².